The highest BCUT2D eigenvalue weighted by Gasteiger charge is 2.36. The topological polar surface area (TPSA) is 76.7 Å². The molecule has 0 saturated carbocycles. The van der Waals surface area contributed by atoms with Gasteiger partial charge in [-0.2, -0.15) is 0 Å². The molecule has 2 aromatic carbocycles. The third-order valence-corrected chi connectivity index (χ3v) is 4.39. The molecule has 7 heteroatoms. The Hall–Kier alpha value is -3.09. The average molecular weight is 388 g/mol. The molecule has 0 aliphatic carbocycles. The highest BCUT2D eigenvalue weighted by Crippen LogP contribution is 2.30. The Morgan fingerprint density at radius 1 is 0.964 bits per heavy atom. The molecule has 0 unspecified atom stereocenters. The van der Waals surface area contributed by atoms with Gasteiger partial charge in [0.25, 0.3) is 0 Å². The fourth-order valence-electron chi connectivity index (χ4n) is 2.50. The van der Waals surface area contributed by atoms with Crippen LogP contribution in [0, 0.1) is 11.2 Å². The molecule has 2 amide bonds. The third-order valence-electron chi connectivity index (χ3n) is 4.39. The monoisotopic (exact) mass is 388 g/mol. The number of amides is 2. The second-order valence-corrected chi connectivity index (χ2v) is 6.78. The number of rotatable bonds is 8. The molecular formula is C21H25FN2O4. The highest BCUT2D eigenvalue weighted by molar-refractivity contribution is 6.09. The number of benzene rings is 2. The van der Waals surface area contributed by atoms with Crippen molar-refractivity contribution in [1.29, 1.82) is 0 Å². The molecule has 0 aliphatic heterocycles. The summed E-state index contributed by atoms with van der Waals surface area (Å²) in [5.41, 5.74) is 0.111. The van der Waals surface area contributed by atoms with Crippen LogP contribution in [0.25, 0.3) is 0 Å². The minimum atomic E-state index is -1.28. The van der Waals surface area contributed by atoms with E-state index in [9.17, 15) is 14.0 Å². The van der Waals surface area contributed by atoms with Crippen LogP contribution in [-0.4, -0.2) is 32.6 Å². The van der Waals surface area contributed by atoms with Gasteiger partial charge in [-0.3, -0.25) is 9.59 Å². The van der Waals surface area contributed by atoms with Crippen LogP contribution in [0.5, 0.6) is 11.5 Å². The summed E-state index contributed by atoms with van der Waals surface area (Å²) < 4.78 is 23.3. The van der Waals surface area contributed by atoms with E-state index in [1.807, 2.05) is 0 Å². The number of anilines is 1. The molecule has 2 N–H and O–H groups in total. The van der Waals surface area contributed by atoms with Crippen molar-refractivity contribution in [3.05, 3.63) is 53.8 Å². The number of ether oxygens (including phenoxy) is 2. The maximum atomic E-state index is 12.9. The Labute approximate surface area is 164 Å². The van der Waals surface area contributed by atoms with Crippen LogP contribution in [0.1, 0.15) is 19.4 Å². The normalized spacial score (nSPS) is 10.9. The van der Waals surface area contributed by atoms with Gasteiger partial charge in [0.2, 0.25) is 11.8 Å². The number of carbonyl (C=O) groups is 2. The summed E-state index contributed by atoms with van der Waals surface area (Å²) in [5.74, 6) is -0.132. The van der Waals surface area contributed by atoms with Crippen molar-refractivity contribution in [2.45, 2.75) is 20.3 Å². The molecule has 2 rings (SSSR count). The summed E-state index contributed by atoms with van der Waals surface area (Å²) in [7, 11) is 3.03. The number of carbonyl (C=O) groups excluding carboxylic acids is 2. The van der Waals surface area contributed by atoms with Crippen LogP contribution in [0.2, 0.25) is 0 Å². The first-order valence-corrected chi connectivity index (χ1v) is 8.84. The molecule has 0 fully saturated rings. The molecule has 0 saturated heterocycles. The molecule has 0 aliphatic rings. The van der Waals surface area contributed by atoms with Crippen molar-refractivity contribution in [3.63, 3.8) is 0 Å². The smallest absolute Gasteiger partial charge is 0.239 e. The van der Waals surface area contributed by atoms with Gasteiger partial charge >= 0.3 is 0 Å². The second kappa shape index (κ2) is 9.21. The summed E-state index contributed by atoms with van der Waals surface area (Å²) >= 11 is 0. The van der Waals surface area contributed by atoms with Gasteiger partial charge in [-0.1, -0.05) is 12.1 Å². The molecule has 0 heterocycles. The van der Waals surface area contributed by atoms with Crippen LogP contribution in [0.3, 0.4) is 0 Å². The summed E-state index contributed by atoms with van der Waals surface area (Å²) in [6, 6.07) is 11.0. The minimum Gasteiger partial charge on any atom is -0.493 e. The summed E-state index contributed by atoms with van der Waals surface area (Å²) in [6.07, 6.45) is 0.541. The molecule has 0 atom stereocenters. The van der Waals surface area contributed by atoms with Crippen LogP contribution in [-0.2, 0) is 16.0 Å². The van der Waals surface area contributed by atoms with Gasteiger partial charge in [0.15, 0.2) is 11.5 Å². The number of halogens is 1. The van der Waals surface area contributed by atoms with Crippen molar-refractivity contribution in [3.8, 4) is 11.5 Å². The lowest BCUT2D eigenvalue weighted by molar-refractivity contribution is -0.138. The summed E-state index contributed by atoms with van der Waals surface area (Å²) in [4.78, 5) is 25.1. The zero-order valence-corrected chi connectivity index (χ0v) is 16.5. The van der Waals surface area contributed by atoms with Crippen molar-refractivity contribution in [2.75, 3.05) is 26.1 Å². The van der Waals surface area contributed by atoms with Gasteiger partial charge in [0, 0.05) is 18.3 Å². The number of methoxy groups -OCH3 is 2. The van der Waals surface area contributed by atoms with Crippen LogP contribution in [0.4, 0.5) is 10.1 Å². The SMILES string of the molecule is COc1ccc(NC(=O)C(C)(C)C(=O)NCCc2ccc(F)cc2)cc1OC. The Morgan fingerprint density at radius 3 is 2.21 bits per heavy atom. The van der Waals surface area contributed by atoms with E-state index in [0.29, 0.717) is 30.2 Å². The summed E-state index contributed by atoms with van der Waals surface area (Å²) in [6.45, 7) is 3.45. The van der Waals surface area contributed by atoms with Gasteiger partial charge in [0.1, 0.15) is 11.2 Å². The zero-order valence-electron chi connectivity index (χ0n) is 16.5. The molecule has 0 radical (unpaired) electrons. The van der Waals surface area contributed by atoms with Crippen molar-refractivity contribution in [2.24, 2.45) is 5.41 Å². The quantitative estimate of drug-likeness (QED) is 0.681. The number of nitrogens with one attached hydrogen (secondary N) is 2. The van der Waals surface area contributed by atoms with E-state index < -0.39 is 17.2 Å². The highest BCUT2D eigenvalue weighted by atomic mass is 19.1. The van der Waals surface area contributed by atoms with E-state index in [2.05, 4.69) is 10.6 Å². The number of hydrogen-bond acceptors (Lipinski definition) is 4. The van der Waals surface area contributed by atoms with Crippen molar-refractivity contribution >= 4 is 17.5 Å². The average Bonchev–Trinajstić information content (AvgIpc) is 2.69. The molecule has 0 aromatic heterocycles. The standard InChI is InChI=1S/C21H25FN2O4/c1-21(2,19(25)23-12-11-14-5-7-15(22)8-6-14)20(26)24-16-9-10-17(27-3)18(13-16)28-4/h5-10,13H,11-12H2,1-4H3,(H,23,25)(H,24,26). The molecular weight excluding hydrogens is 363 g/mol. The Balaban J connectivity index is 1.95. The minimum absolute atomic E-state index is 0.305. The lowest BCUT2D eigenvalue weighted by Crippen LogP contribution is -2.45. The molecule has 0 spiro atoms. The van der Waals surface area contributed by atoms with Crippen LogP contribution in [0.15, 0.2) is 42.5 Å². The first kappa shape index (κ1) is 21.2. The summed E-state index contributed by atoms with van der Waals surface area (Å²) in [5, 5.41) is 5.48. The maximum absolute atomic E-state index is 12.9. The number of hydrogen-bond donors (Lipinski definition) is 2. The predicted molar refractivity (Wildman–Crippen MR) is 105 cm³/mol. The van der Waals surface area contributed by atoms with Crippen molar-refractivity contribution < 1.29 is 23.5 Å². The van der Waals surface area contributed by atoms with Crippen molar-refractivity contribution in [1.82, 2.24) is 5.32 Å². The largest absolute Gasteiger partial charge is 0.493 e. The van der Waals surface area contributed by atoms with E-state index in [4.69, 9.17) is 9.47 Å². The molecule has 2 aromatic rings. The Bertz CT molecular complexity index is 835. The lowest BCUT2D eigenvalue weighted by atomic mass is 9.90. The fourth-order valence-corrected chi connectivity index (χ4v) is 2.50. The fraction of sp³-hybridized carbons (Fsp3) is 0.333. The second-order valence-electron chi connectivity index (χ2n) is 6.78. The third kappa shape index (κ3) is 5.22. The molecule has 150 valence electrons. The van der Waals surface area contributed by atoms with E-state index in [0.717, 1.165) is 5.56 Å². The molecule has 28 heavy (non-hydrogen) atoms. The molecule has 0 bridgehead atoms. The first-order chi connectivity index (χ1) is 13.3. The molecule has 6 nitrogen and oxygen atoms in total. The van der Waals surface area contributed by atoms with E-state index in [1.54, 1.807) is 44.2 Å². The van der Waals surface area contributed by atoms with Gasteiger partial charge in [0.05, 0.1) is 14.2 Å². The van der Waals surface area contributed by atoms with Gasteiger partial charge in [-0.15, -0.1) is 0 Å². The van der Waals surface area contributed by atoms with E-state index in [1.165, 1.54) is 26.4 Å². The van der Waals surface area contributed by atoms with Crippen LogP contribution >= 0.6 is 0 Å². The van der Waals surface area contributed by atoms with Gasteiger partial charge in [-0.05, 0) is 50.1 Å². The Kier molecular flexibility index (Phi) is 6.98. The lowest BCUT2D eigenvalue weighted by Gasteiger charge is -2.23. The maximum Gasteiger partial charge on any atom is 0.239 e. The first-order valence-electron chi connectivity index (χ1n) is 8.84. The zero-order chi connectivity index (χ0) is 20.7. The van der Waals surface area contributed by atoms with E-state index in [-0.39, 0.29) is 5.82 Å². The van der Waals surface area contributed by atoms with Gasteiger partial charge in [-0.25, -0.2) is 4.39 Å². The Morgan fingerprint density at radius 2 is 1.61 bits per heavy atom. The van der Waals surface area contributed by atoms with E-state index >= 15 is 0 Å². The van der Waals surface area contributed by atoms with Gasteiger partial charge < -0.3 is 20.1 Å². The van der Waals surface area contributed by atoms with Crippen LogP contribution < -0.4 is 20.1 Å². The predicted octanol–water partition coefficient (Wildman–Crippen LogP) is 3.17.